The number of anilines is 2. The van der Waals surface area contributed by atoms with E-state index in [0.717, 1.165) is 11.3 Å². The summed E-state index contributed by atoms with van der Waals surface area (Å²) in [5.41, 5.74) is 2.67. The Morgan fingerprint density at radius 1 is 1.28 bits per heavy atom. The van der Waals surface area contributed by atoms with Crippen molar-refractivity contribution >= 4 is 23.1 Å². The summed E-state index contributed by atoms with van der Waals surface area (Å²) < 4.78 is 0. The van der Waals surface area contributed by atoms with E-state index < -0.39 is 0 Å². The summed E-state index contributed by atoms with van der Waals surface area (Å²) in [6, 6.07) is 7.95. The average molecular weight is 264 g/mol. The molecular weight excluding hydrogens is 250 g/mol. The minimum atomic E-state index is -0.189. The number of aliphatic hydroxyl groups is 1. The van der Waals surface area contributed by atoms with E-state index >= 15 is 0 Å². The van der Waals surface area contributed by atoms with Gasteiger partial charge in [0.05, 0.1) is 12.2 Å². The molecule has 2 rings (SSSR count). The van der Waals surface area contributed by atoms with Gasteiger partial charge in [-0.15, -0.1) is 0 Å². The second kappa shape index (κ2) is 5.33. The van der Waals surface area contributed by atoms with Crippen LogP contribution in [-0.4, -0.2) is 22.1 Å². The Balaban J connectivity index is 2.50. The van der Waals surface area contributed by atoms with Crippen molar-refractivity contribution in [3.8, 4) is 0 Å². The molecule has 94 valence electrons. The van der Waals surface area contributed by atoms with Gasteiger partial charge in [-0.2, -0.15) is 0 Å². The first-order chi connectivity index (χ1) is 8.65. The molecule has 0 aliphatic rings. The van der Waals surface area contributed by atoms with Crippen molar-refractivity contribution in [2.24, 2.45) is 0 Å². The number of hydrogen-bond acceptors (Lipinski definition) is 4. The zero-order chi connectivity index (χ0) is 13.1. The van der Waals surface area contributed by atoms with Crippen LogP contribution in [-0.2, 0) is 6.61 Å². The molecule has 0 aliphatic carbocycles. The molecular formula is C13H14ClN3O. The Hall–Kier alpha value is -1.65. The van der Waals surface area contributed by atoms with Crippen LogP contribution < -0.4 is 4.90 Å². The molecule has 0 fully saturated rings. The van der Waals surface area contributed by atoms with Crippen molar-refractivity contribution < 1.29 is 5.11 Å². The molecule has 0 atom stereocenters. The van der Waals surface area contributed by atoms with Gasteiger partial charge < -0.3 is 10.0 Å². The fraction of sp³-hybridized carbons (Fsp3) is 0.231. The van der Waals surface area contributed by atoms with Crippen LogP contribution in [0.4, 0.5) is 11.5 Å². The van der Waals surface area contributed by atoms with E-state index in [1.807, 2.05) is 43.1 Å². The highest BCUT2D eigenvalue weighted by Crippen LogP contribution is 2.29. The van der Waals surface area contributed by atoms with Crippen LogP contribution in [0.15, 0.2) is 30.6 Å². The van der Waals surface area contributed by atoms with E-state index in [-0.39, 0.29) is 11.8 Å². The molecule has 0 spiro atoms. The van der Waals surface area contributed by atoms with Crippen molar-refractivity contribution in [1.29, 1.82) is 0 Å². The normalized spacial score (nSPS) is 10.4. The molecule has 2 aromatic rings. The zero-order valence-corrected chi connectivity index (χ0v) is 11.0. The maximum Gasteiger partial charge on any atom is 0.143 e. The van der Waals surface area contributed by atoms with E-state index in [4.69, 9.17) is 11.6 Å². The third kappa shape index (κ3) is 2.30. The molecule has 0 radical (unpaired) electrons. The lowest BCUT2D eigenvalue weighted by Crippen LogP contribution is -2.15. The summed E-state index contributed by atoms with van der Waals surface area (Å²) >= 11 is 5.96. The fourth-order valence-corrected chi connectivity index (χ4v) is 2.05. The predicted molar refractivity (Wildman–Crippen MR) is 72.2 cm³/mol. The lowest BCUT2D eigenvalue weighted by Gasteiger charge is -2.22. The molecule has 0 saturated carbocycles. The Morgan fingerprint density at radius 3 is 2.67 bits per heavy atom. The molecule has 1 heterocycles. The third-order valence-electron chi connectivity index (χ3n) is 2.82. The highest BCUT2D eigenvalue weighted by molar-refractivity contribution is 6.30. The van der Waals surface area contributed by atoms with Crippen LogP contribution >= 0.6 is 11.6 Å². The molecule has 1 aromatic heterocycles. The summed E-state index contributed by atoms with van der Waals surface area (Å²) in [5.74, 6) is 0.617. The summed E-state index contributed by atoms with van der Waals surface area (Å²) in [5, 5.41) is 9.65. The second-order valence-electron chi connectivity index (χ2n) is 3.97. The molecule has 1 N–H and O–H groups in total. The maximum atomic E-state index is 9.37. The van der Waals surface area contributed by atoms with Gasteiger partial charge in [0.2, 0.25) is 0 Å². The van der Waals surface area contributed by atoms with Gasteiger partial charge in [0.1, 0.15) is 17.3 Å². The second-order valence-corrected chi connectivity index (χ2v) is 4.33. The van der Waals surface area contributed by atoms with Crippen molar-refractivity contribution in [1.82, 2.24) is 9.97 Å². The van der Waals surface area contributed by atoms with Crippen molar-refractivity contribution in [2.45, 2.75) is 13.5 Å². The van der Waals surface area contributed by atoms with E-state index in [1.165, 1.54) is 6.33 Å². The fourth-order valence-electron chi connectivity index (χ4n) is 1.86. The van der Waals surface area contributed by atoms with Crippen LogP contribution in [0.5, 0.6) is 0 Å². The maximum absolute atomic E-state index is 9.37. The van der Waals surface area contributed by atoms with Gasteiger partial charge >= 0.3 is 0 Å². The first kappa shape index (κ1) is 12.8. The summed E-state index contributed by atoms with van der Waals surface area (Å²) in [6.45, 7) is 1.83. The molecule has 0 aliphatic heterocycles. The molecule has 0 saturated heterocycles. The van der Waals surface area contributed by atoms with Crippen molar-refractivity contribution in [2.75, 3.05) is 11.9 Å². The number of aliphatic hydroxyl groups excluding tert-OH is 1. The van der Waals surface area contributed by atoms with E-state index in [0.29, 0.717) is 11.4 Å². The van der Waals surface area contributed by atoms with Gasteiger partial charge in [-0.25, -0.2) is 9.97 Å². The number of para-hydroxylation sites is 1. The summed E-state index contributed by atoms with van der Waals surface area (Å²) in [4.78, 5) is 9.97. The third-order valence-corrected chi connectivity index (χ3v) is 3.15. The number of benzene rings is 1. The number of aromatic nitrogens is 2. The number of halogens is 1. The Kier molecular flexibility index (Phi) is 3.79. The van der Waals surface area contributed by atoms with E-state index in [1.54, 1.807) is 0 Å². The quantitative estimate of drug-likeness (QED) is 0.865. The monoisotopic (exact) mass is 263 g/mol. The SMILES string of the molecule is Cc1ccccc1N(C)c1ncnc(Cl)c1CO. The molecule has 5 heteroatoms. The Bertz CT molecular complexity index is 560. The number of aryl methyl sites for hydroxylation is 1. The molecule has 0 unspecified atom stereocenters. The molecule has 0 bridgehead atoms. The van der Waals surface area contributed by atoms with Gasteiger partial charge in [-0.05, 0) is 18.6 Å². The molecule has 1 aromatic carbocycles. The van der Waals surface area contributed by atoms with Crippen LogP contribution in [0, 0.1) is 6.92 Å². The highest BCUT2D eigenvalue weighted by atomic mass is 35.5. The molecule has 18 heavy (non-hydrogen) atoms. The van der Waals surface area contributed by atoms with Crippen LogP contribution in [0.2, 0.25) is 5.15 Å². The van der Waals surface area contributed by atoms with Gasteiger partial charge in [0, 0.05) is 12.7 Å². The van der Waals surface area contributed by atoms with Crippen LogP contribution in [0.25, 0.3) is 0 Å². The topological polar surface area (TPSA) is 49.2 Å². The van der Waals surface area contributed by atoms with Crippen LogP contribution in [0.3, 0.4) is 0 Å². The Morgan fingerprint density at radius 2 is 2.00 bits per heavy atom. The number of hydrogen-bond donors (Lipinski definition) is 1. The average Bonchev–Trinajstić information content (AvgIpc) is 2.38. The lowest BCUT2D eigenvalue weighted by molar-refractivity contribution is 0.281. The van der Waals surface area contributed by atoms with Gasteiger partial charge in [-0.1, -0.05) is 29.8 Å². The largest absolute Gasteiger partial charge is 0.391 e. The summed E-state index contributed by atoms with van der Waals surface area (Å²) in [6.07, 6.45) is 1.39. The standard InChI is InChI=1S/C13H14ClN3O/c1-9-5-3-4-6-11(9)17(2)13-10(7-18)12(14)15-8-16-13/h3-6,8,18H,7H2,1-2H3. The van der Waals surface area contributed by atoms with E-state index in [2.05, 4.69) is 9.97 Å². The van der Waals surface area contributed by atoms with Gasteiger partial charge in [-0.3, -0.25) is 0 Å². The predicted octanol–water partition coefficient (Wildman–Crippen LogP) is 2.70. The molecule has 4 nitrogen and oxygen atoms in total. The van der Waals surface area contributed by atoms with E-state index in [9.17, 15) is 5.11 Å². The lowest BCUT2D eigenvalue weighted by atomic mass is 10.2. The van der Waals surface area contributed by atoms with Crippen molar-refractivity contribution in [3.05, 3.63) is 46.9 Å². The first-order valence-corrected chi connectivity index (χ1v) is 5.92. The molecule has 0 amide bonds. The highest BCUT2D eigenvalue weighted by Gasteiger charge is 2.15. The summed E-state index contributed by atoms with van der Waals surface area (Å²) in [7, 11) is 1.89. The van der Waals surface area contributed by atoms with Gasteiger partial charge in [0.15, 0.2) is 0 Å². The number of rotatable bonds is 3. The smallest absolute Gasteiger partial charge is 0.143 e. The Labute approximate surface area is 111 Å². The minimum absolute atomic E-state index is 0.189. The van der Waals surface area contributed by atoms with Crippen LogP contribution in [0.1, 0.15) is 11.1 Å². The number of nitrogens with zero attached hydrogens (tertiary/aromatic N) is 3. The van der Waals surface area contributed by atoms with Gasteiger partial charge in [0.25, 0.3) is 0 Å². The zero-order valence-electron chi connectivity index (χ0n) is 10.3. The first-order valence-electron chi connectivity index (χ1n) is 5.54. The minimum Gasteiger partial charge on any atom is -0.391 e. The van der Waals surface area contributed by atoms with Crippen molar-refractivity contribution in [3.63, 3.8) is 0 Å².